The summed E-state index contributed by atoms with van der Waals surface area (Å²) in [5.74, 6) is -0.500. The zero-order valence-electron chi connectivity index (χ0n) is 31.4. The molecule has 0 radical (unpaired) electrons. The Balaban J connectivity index is 1.32. The summed E-state index contributed by atoms with van der Waals surface area (Å²) in [6.45, 7) is 10.7. The summed E-state index contributed by atoms with van der Waals surface area (Å²) in [6, 6.07) is 0. The number of ether oxygens (including phenoxy) is 8. The van der Waals surface area contributed by atoms with E-state index in [1.54, 1.807) is 71.9 Å². The fourth-order valence-corrected chi connectivity index (χ4v) is 5.14. The summed E-state index contributed by atoms with van der Waals surface area (Å²) < 4.78 is 44.7. The van der Waals surface area contributed by atoms with Crippen molar-refractivity contribution in [2.24, 2.45) is 28.0 Å². The van der Waals surface area contributed by atoms with E-state index in [4.69, 9.17) is 43.7 Å². The molecule has 2 saturated heterocycles. The maximum atomic E-state index is 13.6. The predicted molar refractivity (Wildman–Crippen MR) is 185 cm³/mol. The van der Waals surface area contributed by atoms with E-state index in [0.717, 1.165) is 5.57 Å². The molecule has 17 heteroatoms. The number of hydrogen-bond donors (Lipinski definition) is 4. The van der Waals surface area contributed by atoms with Crippen molar-refractivity contribution in [3.63, 3.8) is 0 Å². The molecule has 0 spiro atoms. The number of rotatable bonds is 15. The third-order valence-electron chi connectivity index (χ3n) is 9.02. The quantitative estimate of drug-likeness (QED) is 0.0454. The molecule has 1 aliphatic carbocycles. The lowest BCUT2D eigenvalue weighted by Gasteiger charge is -2.40. The number of fused-ring (bicyclic) bond motifs is 1. The molecule has 2 unspecified atom stereocenters. The van der Waals surface area contributed by atoms with Gasteiger partial charge >= 0.3 is 23.9 Å². The minimum atomic E-state index is -1.65. The number of allylic oxidation sites excluding steroid dienone is 2. The van der Waals surface area contributed by atoms with Gasteiger partial charge in [0.25, 0.3) is 0 Å². The number of nitrogens with two attached hydrogens (primary N) is 1. The van der Waals surface area contributed by atoms with Crippen molar-refractivity contribution in [2.75, 3.05) is 59.3 Å². The zero-order valence-corrected chi connectivity index (χ0v) is 31.4. The molecule has 17 nitrogen and oxygen atoms in total. The highest BCUT2D eigenvalue weighted by Gasteiger charge is 2.48. The Hall–Kier alpha value is -4.29. The van der Waals surface area contributed by atoms with Gasteiger partial charge < -0.3 is 54.0 Å². The molecule has 53 heavy (non-hydrogen) atoms. The van der Waals surface area contributed by atoms with E-state index in [-0.39, 0.29) is 51.8 Å². The highest BCUT2D eigenvalue weighted by molar-refractivity contribution is 6.01. The first-order valence-corrected chi connectivity index (χ1v) is 17.3. The van der Waals surface area contributed by atoms with Crippen LogP contribution in [0.25, 0.3) is 0 Å². The number of hydrazine groups is 1. The van der Waals surface area contributed by atoms with Gasteiger partial charge in [-0.25, -0.2) is 0 Å². The normalized spacial score (nSPS) is 24.0. The number of amides is 1. The van der Waals surface area contributed by atoms with E-state index in [9.17, 15) is 24.0 Å². The van der Waals surface area contributed by atoms with Gasteiger partial charge in [-0.15, -0.1) is 0 Å². The second kappa shape index (κ2) is 16.8. The molecule has 5 N–H and O–H groups in total. The second-order valence-corrected chi connectivity index (χ2v) is 15.2. The maximum Gasteiger partial charge on any atom is 0.323 e. The lowest BCUT2D eigenvalue weighted by atomic mass is 9.89. The summed E-state index contributed by atoms with van der Waals surface area (Å²) in [6.07, 6.45) is 9.61. The number of nitrogens with one attached hydrogen (secondary N) is 3. The van der Waals surface area contributed by atoms with E-state index < -0.39 is 82.8 Å². The van der Waals surface area contributed by atoms with Gasteiger partial charge in [-0.2, -0.15) is 0 Å². The van der Waals surface area contributed by atoms with Crippen LogP contribution in [0.3, 0.4) is 0 Å². The smallest absolute Gasteiger partial charge is 0.323 e. The summed E-state index contributed by atoms with van der Waals surface area (Å²) in [5.41, 5.74) is -0.555. The van der Waals surface area contributed by atoms with Gasteiger partial charge in [0.15, 0.2) is 17.5 Å². The molecule has 294 valence electrons. The van der Waals surface area contributed by atoms with Crippen molar-refractivity contribution < 1.29 is 61.9 Å². The van der Waals surface area contributed by atoms with Gasteiger partial charge in [0, 0.05) is 19.3 Å². The van der Waals surface area contributed by atoms with Gasteiger partial charge in [-0.1, -0.05) is 24.3 Å². The average molecular weight is 749 g/mol. The fourth-order valence-electron chi connectivity index (χ4n) is 5.14. The molecule has 0 aromatic carbocycles. The lowest BCUT2D eigenvalue weighted by Crippen LogP contribution is -2.51. The van der Waals surface area contributed by atoms with Gasteiger partial charge in [0.2, 0.25) is 5.91 Å². The Labute approximate surface area is 308 Å². The Bertz CT molecular complexity index is 1460. The first kappa shape index (κ1) is 41.5. The third kappa shape index (κ3) is 10.9. The highest BCUT2D eigenvalue weighted by atomic mass is 16.7. The SMILES string of the molecule is CC1(C)OCC(C)(C(=O)OCC(C)(COC(=O)C2(C)COC(C)(C)OC2)C(=O)OC/C(=C/NCCNC(=O)C2C=C3C=CC=CC3OC2=O)NN)CO1. The molecule has 0 bridgehead atoms. The van der Waals surface area contributed by atoms with Crippen molar-refractivity contribution in [3.05, 3.63) is 47.9 Å². The topological polar surface area (TPSA) is 221 Å². The number of hydrogen-bond acceptors (Lipinski definition) is 16. The van der Waals surface area contributed by atoms with E-state index >= 15 is 0 Å². The molecule has 4 rings (SSSR count). The highest BCUT2D eigenvalue weighted by Crippen LogP contribution is 2.34. The molecule has 0 aromatic heterocycles. The van der Waals surface area contributed by atoms with Crippen molar-refractivity contribution in [2.45, 2.75) is 66.1 Å². The van der Waals surface area contributed by atoms with Crippen LogP contribution < -0.4 is 21.9 Å². The molecule has 2 atom stereocenters. The van der Waals surface area contributed by atoms with Gasteiger partial charge in [-0.3, -0.25) is 29.8 Å². The Morgan fingerprint density at radius 3 is 1.94 bits per heavy atom. The zero-order chi connectivity index (χ0) is 39.1. The fraction of sp³-hybridized carbons (Fsp3) is 0.639. The lowest BCUT2D eigenvalue weighted by molar-refractivity contribution is -0.282. The molecule has 0 saturated carbocycles. The van der Waals surface area contributed by atoms with Crippen LogP contribution in [0.5, 0.6) is 0 Å². The number of carbonyl (C=O) groups excluding carboxylic acids is 5. The van der Waals surface area contributed by atoms with Gasteiger partial charge in [0.1, 0.15) is 42.2 Å². The van der Waals surface area contributed by atoms with Crippen LogP contribution >= 0.6 is 0 Å². The third-order valence-corrected chi connectivity index (χ3v) is 9.02. The molecule has 3 heterocycles. The van der Waals surface area contributed by atoms with Crippen LogP contribution in [0.4, 0.5) is 0 Å². The maximum absolute atomic E-state index is 13.6. The van der Waals surface area contributed by atoms with Crippen LogP contribution in [0.15, 0.2) is 47.9 Å². The predicted octanol–water partition coefficient (Wildman–Crippen LogP) is 0.805. The number of esters is 4. The molecule has 4 aliphatic rings. The monoisotopic (exact) mass is 748 g/mol. The van der Waals surface area contributed by atoms with E-state index in [2.05, 4.69) is 16.1 Å². The molecular formula is C36H52N4O13. The van der Waals surface area contributed by atoms with Crippen LogP contribution in [0.1, 0.15) is 48.5 Å². The van der Waals surface area contributed by atoms with Crippen LogP contribution in [0, 0.1) is 22.2 Å². The summed E-state index contributed by atoms with van der Waals surface area (Å²) >= 11 is 0. The Morgan fingerprint density at radius 1 is 0.868 bits per heavy atom. The van der Waals surface area contributed by atoms with Gasteiger partial charge in [-0.05, 0) is 60.1 Å². The van der Waals surface area contributed by atoms with E-state index in [1.807, 2.05) is 0 Å². The van der Waals surface area contributed by atoms with Crippen LogP contribution in [0.2, 0.25) is 0 Å². The molecule has 1 amide bonds. The number of carbonyl (C=O) groups is 5. The van der Waals surface area contributed by atoms with Crippen molar-refractivity contribution >= 4 is 29.8 Å². The summed E-state index contributed by atoms with van der Waals surface area (Å²) in [5, 5.41) is 5.62. The molecular weight excluding hydrogens is 696 g/mol. The van der Waals surface area contributed by atoms with E-state index in [1.165, 1.54) is 13.1 Å². The first-order valence-electron chi connectivity index (χ1n) is 17.3. The molecule has 0 aromatic rings. The molecule has 2 fully saturated rings. The van der Waals surface area contributed by atoms with Crippen molar-refractivity contribution in [1.29, 1.82) is 0 Å². The Morgan fingerprint density at radius 2 is 1.42 bits per heavy atom. The van der Waals surface area contributed by atoms with Crippen LogP contribution in [-0.4, -0.2) is 107 Å². The minimum Gasteiger partial charge on any atom is -0.464 e. The largest absolute Gasteiger partial charge is 0.464 e. The summed E-state index contributed by atoms with van der Waals surface area (Å²) in [7, 11) is 0. The second-order valence-electron chi connectivity index (χ2n) is 15.2. The molecule has 3 aliphatic heterocycles. The average Bonchev–Trinajstić information content (AvgIpc) is 3.12. The van der Waals surface area contributed by atoms with Crippen LogP contribution in [-0.2, 0) is 61.9 Å². The van der Waals surface area contributed by atoms with Crippen molar-refractivity contribution in [3.8, 4) is 0 Å². The van der Waals surface area contributed by atoms with E-state index in [0.29, 0.717) is 0 Å². The minimum absolute atomic E-state index is 0.0254. The summed E-state index contributed by atoms with van der Waals surface area (Å²) in [4.78, 5) is 65.0. The Kier molecular flexibility index (Phi) is 13.1. The standard InChI is InChI=1S/C36H52N4O13/c1-32(2)49-19-35(6,20-50-32)30(44)47-17-34(5,18-48-31(45)36(7)21-51-33(3,4)52-22-36)29(43)46-16-24(40-37)15-38-12-13-39-27(41)25-14-23-10-8-9-11-26(23)53-28(25)42/h8-11,14-15,25-26,38,40H,12-13,16-22,37H2,1-7H3,(H,39,41)/b24-15-. The van der Waals surface area contributed by atoms with Gasteiger partial charge in [0.05, 0.1) is 32.1 Å². The van der Waals surface area contributed by atoms with Crippen molar-refractivity contribution in [1.82, 2.24) is 16.1 Å². The first-order chi connectivity index (χ1) is 24.8.